The summed E-state index contributed by atoms with van der Waals surface area (Å²) in [5, 5.41) is 8.13. The largest absolute Gasteiger partial charge is 0.425 e. The van der Waals surface area contributed by atoms with Crippen molar-refractivity contribution in [3.05, 3.63) is 47.4 Å². The average Bonchev–Trinajstić information content (AvgIpc) is 2.96. The van der Waals surface area contributed by atoms with Gasteiger partial charge >= 0.3 is 0 Å². The van der Waals surface area contributed by atoms with Gasteiger partial charge < -0.3 is 9.15 Å². The third kappa shape index (κ3) is 3.04. The SMILES string of the molecule is Fc1ccccc1CCc1nnc(C2CCCOC2)o1. The van der Waals surface area contributed by atoms with E-state index in [1.165, 1.54) is 6.07 Å². The molecule has 1 saturated heterocycles. The number of aryl methyl sites for hydroxylation is 2. The second kappa shape index (κ2) is 6.13. The summed E-state index contributed by atoms with van der Waals surface area (Å²) < 4.78 is 24.6. The minimum atomic E-state index is -0.187. The van der Waals surface area contributed by atoms with Gasteiger partial charge in [-0.15, -0.1) is 10.2 Å². The van der Waals surface area contributed by atoms with Gasteiger partial charge in [0.05, 0.1) is 12.5 Å². The lowest BCUT2D eigenvalue weighted by Gasteiger charge is -2.18. The lowest BCUT2D eigenvalue weighted by molar-refractivity contribution is 0.0721. The van der Waals surface area contributed by atoms with Crippen LogP contribution >= 0.6 is 0 Å². The predicted octanol–water partition coefficient (Wildman–Crippen LogP) is 2.89. The molecule has 0 aliphatic carbocycles. The van der Waals surface area contributed by atoms with Crippen molar-refractivity contribution in [1.82, 2.24) is 10.2 Å². The van der Waals surface area contributed by atoms with Crippen molar-refractivity contribution in [3.8, 4) is 0 Å². The first-order valence-electron chi connectivity index (χ1n) is 6.96. The molecule has 0 saturated carbocycles. The fourth-order valence-corrected chi connectivity index (χ4v) is 2.41. The summed E-state index contributed by atoms with van der Waals surface area (Å²) in [6.07, 6.45) is 3.17. The van der Waals surface area contributed by atoms with Crippen LogP contribution in [0.5, 0.6) is 0 Å². The molecule has 1 aliphatic heterocycles. The maximum atomic E-state index is 13.5. The summed E-state index contributed by atoms with van der Waals surface area (Å²) in [6.45, 7) is 1.46. The van der Waals surface area contributed by atoms with Crippen LogP contribution < -0.4 is 0 Å². The van der Waals surface area contributed by atoms with E-state index in [9.17, 15) is 4.39 Å². The van der Waals surface area contributed by atoms with E-state index >= 15 is 0 Å². The molecule has 2 heterocycles. The zero-order valence-corrected chi connectivity index (χ0v) is 11.2. The molecule has 0 radical (unpaired) electrons. The Kier molecular flexibility index (Phi) is 4.06. The Balaban J connectivity index is 1.61. The van der Waals surface area contributed by atoms with E-state index in [0.29, 0.717) is 36.8 Å². The number of ether oxygens (including phenoxy) is 1. The number of aromatic nitrogens is 2. The van der Waals surface area contributed by atoms with Crippen LogP contribution in [0.2, 0.25) is 0 Å². The molecule has 1 aliphatic rings. The summed E-state index contributed by atoms with van der Waals surface area (Å²) >= 11 is 0. The molecule has 0 amide bonds. The van der Waals surface area contributed by atoms with E-state index < -0.39 is 0 Å². The molecule has 0 N–H and O–H groups in total. The van der Waals surface area contributed by atoms with E-state index in [2.05, 4.69) is 10.2 Å². The molecular formula is C15H17FN2O2. The molecule has 1 atom stereocenters. The summed E-state index contributed by atoms with van der Waals surface area (Å²) in [6, 6.07) is 6.76. The van der Waals surface area contributed by atoms with Gasteiger partial charge in [0.1, 0.15) is 5.82 Å². The van der Waals surface area contributed by atoms with Crippen LogP contribution in [0.4, 0.5) is 4.39 Å². The highest BCUT2D eigenvalue weighted by Gasteiger charge is 2.21. The Morgan fingerprint density at radius 3 is 2.90 bits per heavy atom. The van der Waals surface area contributed by atoms with E-state index in [-0.39, 0.29) is 11.7 Å². The quantitative estimate of drug-likeness (QED) is 0.861. The number of benzene rings is 1. The molecule has 2 aromatic rings. The van der Waals surface area contributed by atoms with E-state index in [0.717, 1.165) is 19.4 Å². The minimum Gasteiger partial charge on any atom is -0.425 e. The Morgan fingerprint density at radius 1 is 1.20 bits per heavy atom. The van der Waals surface area contributed by atoms with Gasteiger partial charge in [-0.2, -0.15) is 0 Å². The lowest BCUT2D eigenvalue weighted by atomic mass is 10.0. The zero-order chi connectivity index (χ0) is 13.8. The van der Waals surface area contributed by atoms with Gasteiger partial charge in [0.2, 0.25) is 11.8 Å². The summed E-state index contributed by atoms with van der Waals surface area (Å²) in [4.78, 5) is 0. The highest BCUT2D eigenvalue weighted by molar-refractivity contribution is 5.17. The van der Waals surface area contributed by atoms with Gasteiger partial charge in [-0.25, -0.2) is 4.39 Å². The number of hydrogen-bond donors (Lipinski definition) is 0. The first kappa shape index (κ1) is 13.2. The molecular weight excluding hydrogens is 259 g/mol. The van der Waals surface area contributed by atoms with Crippen LogP contribution in [0, 0.1) is 5.82 Å². The Bertz CT molecular complexity index is 565. The molecule has 0 bridgehead atoms. The van der Waals surface area contributed by atoms with Crippen LogP contribution in [-0.4, -0.2) is 23.4 Å². The second-order valence-electron chi connectivity index (χ2n) is 5.04. The maximum absolute atomic E-state index is 13.5. The number of hydrogen-bond acceptors (Lipinski definition) is 4. The lowest BCUT2D eigenvalue weighted by Crippen LogP contribution is -2.15. The molecule has 1 unspecified atom stereocenters. The average molecular weight is 276 g/mol. The van der Waals surface area contributed by atoms with Crippen molar-refractivity contribution in [3.63, 3.8) is 0 Å². The molecule has 1 fully saturated rings. The van der Waals surface area contributed by atoms with Crippen LogP contribution in [0.25, 0.3) is 0 Å². The summed E-state index contributed by atoms with van der Waals surface area (Å²) in [5.74, 6) is 1.23. The molecule has 1 aromatic heterocycles. The molecule has 5 heteroatoms. The van der Waals surface area contributed by atoms with Crippen LogP contribution in [0.1, 0.15) is 36.1 Å². The van der Waals surface area contributed by atoms with E-state index in [4.69, 9.17) is 9.15 Å². The molecule has 106 valence electrons. The summed E-state index contributed by atoms with van der Waals surface area (Å²) in [7, 11) is 0. The van der Waals surface area contributed by atoms with Gasteiger partial charge in [0, 0.05) is 13.0 Å². The van der Waals surface area contributed by atoms with E-state index in [1.54, 1.807) is 12.1 Å². The standard InChI is InChI=1S/C15H17FN2O2/c16-13-6-2-1-4-11(13)7-8-14-17-18-15(20-14)12-5-3-9-19-10-12/h1-2,4,6,12H,3,5,7-10H2. The molecule has 20 heavy (non-hydrogen) atoms. The first-order chi connectivity index (χ1) is 9.83. The maximum Gasteiger partial charge on any atom is 0.221 e. The smallest absolute Gasteiger partial charge is 0.221 e. The van der Waals surface area contributed by atoms with Crippen molar-refractivity contribution in [2.75, 3.05) is 13.2 Å². The molecule has 4 nitrogen and oxygen atoms in total. The first-order valence-corrected chi connectivity index (χ1v) is 6.96. The van der Waals surface area contributed by atoms with Crippen LogP contribution in [-0.2, 0) is 17.6 Å². The Labute approximate surface area is 117 Å². The fourth-order valence-electron chi connectivity index (χ4n) is 2.41. The highest BCUT2D eigenvalue weighted by atomic mass is 19.1. The molecule has 3 rings (SSSR count). The Hall–Kier alpha value is -1.75. The topological polar surface area (TPSA) is 48.2 Å². The van der Waals surface area contributed by atoms with Gasteiger partial charge in [0.25, 0.3) is 0 Å². The number of halogens is 1. The van der Waals surface area contributed by atoms with Crippen LogP contribution in [0.15, 0.2) is 28.7 Å². The number of nitrogens with zero attached hydrogens (tertiary/aromatic N) is 2. The van der Waals surface area contributed by atoms with Gasteiger partial charge in [-0.3, -0.25) is 0 Å². The predicted molar refractivity (Wildman–Crippen MR) is 70.9 cm³/mol. The fraction of sp³-hybridized carbons (Fsp3) is 0.467. The second-order valence-corrected chi connectivity index (χ2v) is 5.04. The Morgan fingerprint density at radius 2 is 2.10 bits per heavy atom. The van der Waals surface area contributed by atoms with Crippen molar-refractivity contribution >= 4 is 0 Å². The minimum absolute atomic E-state index is 0.187. The van der Waals surface area contributed by atoms with Crippen molar-refractivity contribution in [2.45, 2.75) is 31.6 Å². The van der Waals surface area contributed by atoms with Crippen molar-refractivity contribution in [1.29, 1.82) is 0 Å². The molecule has 0 spiro atoms. The monoisotopic (exact) mass is 276 g/mol. The van der Waals surface area contributed by atoms with E-state index in [1.807, 2.05) is 6.07 Å². The van der Waals surface area contributed by atoms with Gasteiger partial charge in [0.15, 0.2) is 0 Å². The highest BCUT2D eigenvalue weighted by Crippen LogP contribution is 2.24. The third-order valence-electron chi connectivity index (χ3n) is 3.56. The van der Waals surface area contributed by atoms with Crippen molar-refractivity contribution < 1.29 is 13.5 Å². The van der Waals surface area contributed by atoms with Gasteiger partial charge in [-0.1, -0.05) is 18.2 Å². The normalized spacial score (nSPS) is 19.1. The third-order valence-corrected chi connectivity index (χ3v) is 3.56. The number of rotatable bonds is 4. The molecule has 1 aromatic carbocycles. The zero-order valence-electron chi connectivity index (χ0n) is 11.2. The van der Waals surface area contributed by atoms with Crippen molar-refractivity contribution in [2.24, 2.45) is 0 Å². The summed E-state index contributed by atoms with van der Waals surface area (Å²) in [5.41, 5.74) is 0.674. The van der Waals surface area contributed by atoms with Gasteiger partial charge in [-0.05, 0) is 30.9 Å². The van der Waals surface area contributed by atoms with Crippen LogP contribution in [0.3, 0.4) is 0 Å².